The Morgan fingerprint density at radius 2 is 1.63 bits per heavy atom. The van der Waals surface area contributed by atoms with E-state index in [9.17, 15) is 13.7 Å². The summed E-state index contributed by atoms with van der Waals surface area (Å²) in [4.78, 5) is 11.2. The molecule has 4 rings (SSSR count). The molecule has 1 saturated heterocycles. The number of hydrogen-bond donors (Lipinski definition) is 0. The number of nitriles is 1. The van der Waals surface area contributed by atoms with Gasteiger partial charge in [0.05, 0.1) is 17.9 Å². The van der Waals surface area contributed by atoms with Gasteiger partial charge in [0, 0.05) is 62.4 Å². The van der Waals surface area contributed by atoms with Gasteiger partial charge in [-0.2, -0.15) is 9.57 Å². The average Bonchev–Trinajstić information content (AvgIpc) is 2.88. The van der Waals surface area contributed by atoms with Crippen molar-refractivity contribution in [2.45, 2.75) is 37.8 Å². The number of benzene rings is 1. The van der Waals surface area contributed by atoms with E-state index < -0.39 is 10.0 Å². The van der Waals surface area contributed by atoms with Crippen LogP contribution >= 0.6 is 0 Å². The molecule has 0 amide bonds. The molecular formula is C27H31N5O2S. The quantitative estimate of drug-likeness (QED) is 0.476. The van der Waals surface area contributed by atoms with Gasteiger partial charge in [-0.05, 0) is 53.8 Å². The van der Waals surface area contributed by atoms with Crippen LogP contribution in [0.2, 0.25) is 0 Å². The summed E-state index contributed by atoms with van der Waals surface area (Å²) in [6.45, 7) is 3.86. The molecule has 0 saturated carbocycles. The summed E-state index contributed by atoms with van der Waals surface area (Å²) in [5.74, 6) is -0.0555. The first kappa shape index (κ1) is 25.0. The topological polar surface area (TPSA) is 90.2 Å². The number of hydrogen-bond acceptors (Lipinski definition) is 6. The molecule has 0 spiro atoms. The van der Waals surface area contributed by atoms with E-state index >= 15 is 0 Å². The predicted octanol–water partition coefficient (Wildman–Crippen LogP) is 3.97. The zero-order valence-corrected chi connectivity index (χ0v) is 21.0. The molecule has 8 heteroatoms. The van der Waals surface area contributed by atoms with E-state index in [0.29, 0.717) is 12.1 Å². The van der Waals surface area contributed by atoms with Crippen LogP contribution in [0.5, 0.6) is 0 Å². The lowest BCUT2D eigenvalue weighted by molar-refractivity contribution is 0.111. The van der Waals surface area contributed by atoms with E-state index in [-0.39, 0.29) is 18.0 Å². The largest absolute Gasteiger partial charge is 0.295 e. The number of aromatic nitrogens is 2. The number of nitrogens with zero attached hydrogens (tertiary/aromatic N) is 5. The lowest BCUT2D eigenvalue weighted by Crippen LogP contribution is -2.48. The first-order valence-corrected chi connectivity index (χ1v) is 13.8. The van der Waals surface area contributed by atoms with Crippen LogP contribution < -0.4 is 0 Å². The third-order valence-corrected chi connectivity index (χ3v) is 8.21. The van der Waals surface area contributed by atoms with Crippen molar-refractivity contribution < 1.29 is 8.42 Å². The van der Waals surface area contributed by atoms with Crippen LogP contribution in [0.1, 0.15) is 54.0 Å². The van der Waals surface area contributed by atoms with Gasteiger partial charge in [-0.25, -0.2) is 8.42 Å². The van der Waals surface area contributed by atoms with Crippen molar-refractivity contribution in [2.75, 3.05) is 25.9 Å². The summed E-state index contributed by atoms with van der Waals surface area (Å²) in [7, 11) is -3.25. The molecule has 0 radical (unpaired) electrons. The van der Waals surface area contributed by atoms with Gasteiger partial charge in [0.15, 0.2) is 0 Å². The molecule has 35 heavy (non-hydrogen) atoms. The van der Waals surface area contributed by atoms with Gasteiger partial charge >= 0.3 is 0 Å². The Bertz CT molecular complexity index is 1210. The molecule has 1 fully saturated rings. The van der Waals surface area contributed by atoms with Crippen molar-refractivity contribution in [2.24, 2.45) is 0 Å². The van der Waals surface area contributed by atoms with E-state index in [4.69, 9.17) is 0 Å². The SMILES string of the molecule is CCN(C1CCN(C(c2cccc(C#N)c2)C(c2cccnc2)c2cccnc2)CC1)S(C)(=O)=O. The van der Waals surface area contributed by atoms with Gasteiger partial charge < -0.3 is 0 Å². The summed E-state index contributed by atoms with van der Waals surface area (Å²) in [5.41, 5.74) is 3.81. The number of rotatable bonds is 8. The van der Waals surface area contributed by atoms with Crippen molar-refractivity contribution in [3.8, 4) is 6.07 Å². The van der Waals surface area contributed by atoms with Gasteiger partial charge in [-0.1, -0.05) is 31.2 Å². The average molecular weight is 490 g/mol. The normalized spacial score (nSPS) is 16.3. The van der Waals surface area contributed by atoms with Crippen LogP contribution in [0, 0.1) is 11.3 Å². The van der Waals surface area contributed by atoms with Crippen LogP contribution in [0.4, 0.5) is 0 Å². The van der Waals surface area contributed by atoms with Gasteiger partial charge in [0.25, 0.3) is 0 Å². The maximum Gasteiger partial charge on any atom is 0.211 e. The molecule has 0 aliphatic carbocycles. The van der Waals surface area contributed by atoms with E-state index in [1.807, 2.05) is 49.6 Å². The fourth-order valence-electron chi connectivity index (χ4n) is 5.30. The lowest BCUT2D eigenvalue weighted by Gasteiger charge is -2.43. The summed E-state index contributed by atoms with van der Waals surface area (Å²) in [6, 6.07) is 18.0. The summed E-state index contributed by atoms with van der Waals surface area (Å²) < 4.78 is 26.3. The highest BCUT2D eigenvalue weighted by molar-refractivity contribution is 7.88. The molecule has 1 unspecified atom stereocenters. The second-order valence-electron chi connectivity index (χ2n) is 8.97. The molecule has 2 aromatic heterocycles. The molecule has 0 bridgehead atoms. The molecule has 1 aliphatic heterocycles. The molecule has 182 valence electrons. The molecule has 3 aromatic rings. The van der Waals surface area contributed by atoms with E-state index in [1.165, 1.54) is 6.26 Å². The standard InChI is InChI=1S/C27H31N5O2S/c1-3-32(35(2,33)34)25-11-15-31(16-12-25)27(22-8-4-7-21(17-22)18-28)26(23-9-5-13-29-19-23)24-10-6-14-30-20-24/h4-10,13-14,17,19-20,25-27H,3,11-12,15-16H2,1-2H3. The lowest BCUT2D eigenvalue weighted by atomic mass is 9.81. The minimum absolute atomic E-state index is 0.00687. The van der Waals surface area contributed by atoms with E-state index in [2.05, 4.69) is 39.1 Å². The van der Waals surface area contributed by atoms with Crippen LogP contribution in [0.3, 0.4) is 0 Å². The second kappa shape index (κ2) is 11.1. The Morgan fingerprint density at radius 3 is 2.11 bits per heavy atom. The van der Waals surface area contributed by atoms with Crippen LogP contribution in [0.25, 0.3) is 0 Å². The molecule has 1 atom stereocenters. The van der Waals surface area contributed by atoms with Gasteiger partial charge in [-0.3, -0.25) is 14.9 Å². The molecule has 1 aromatic carbocycles. The monoisotopic (exact) mass is 489 g/mol. The Morgan fingerprint density at radius 1 is 1.03 bits per heavy atom. The van der Waals surface area contributed by atoms with Crippen LogP contribution in [-0.4, -0.2) is 59.5 Å². The molecule has 7 nitrogen and oxygen atoms in total. The predicted molar refractivity (Wildman–Crippen MR) is 136 cm³/mol. The molecule has 3 heterocycles. The number of sulfonamides is 1. The molecule has 0 N–H and O–H groups in total. The van der Waals surface area contributed by atoms with Gasteiger partial charge in [0.1, 0.15) is 0 Å². The fourth-order valence-corrected chi connectivity index (χ4v) is 6.52. The highest BCUT2D eigenvalue weighted by Crippen LogP contribution is 2.42. The summed E-state index contributed by atoms with van der Waals surface area (Å²) in [5, 5.41) is 9.58. The van der Waals surface area contributed by atoms with Crippen LogP contribution in [0.15, 0.2) is 73.3 Å². The summed E-state index contributed by atoms with van der Waals surface area (Å²) in [6.07, 6.45) is 10.1. The van der Waals surface area contributed by atoms with Crippen molar-refractivity contribution in [1.29, 1.82) is 5.26 Å². The third-order valence-electron chi connectivity index (χ3n) is 6.80. The number of pyridine rings is 2. The number of piperidine rings is 1. The zero-order chi connectivity index (χ0) is 24.8. The highest BCUT2D eigenvalue weighted by atomic mass is 32.2. The summed E-state index contributed by atoms with van der Waals surface area (Å²) >= 11 is 0. The minimum Gasteiger partial charge on any atom is -0.295 e. The van der Waals surface area contributed by atoms with E-state index in [0.717, 1.165) is 42.6 Å². The van der Waals surface area contributed by atoms with E-state index in [1.54, 1.807) is 16.7 Å². The Balaban J connectivity index is 1.75. The smallest absolute Gasteiger partial charge is 0.211 e. The first-order chi connectivity index (χ1) is 16.9. The zero-order valence-electron chi connectivity index (χ0n) is 20.2. The van der Waals surface area contributed by atoms with Crippen molar-refractivity contribution >= 4 is 10.0 Å². The maximum absolute atomic E-state index is 12.3. The fraction of sp³-hybridized carbons (Fsp3) is 0.370. The Kier molecular flexibility index (Phi) is 7.91. The first-order valence-electron chi connectivity index (χ1n) is 11.9. The van der Waals surface area contributed by atoms with Gasteiger partial charge in [0.2, 0.25) is 10.0 Å². The van der Waals surface area contributed by atoms with Crippen molar-refractivity contribution in [3.63, 3.8) is 0 Å². The van der Waals surface area contributed by atoms with Crippen molar-refractivity contribution in [1.82, 2.24) is 19.2 Å². The Hall–Kier alpha value is -3.12. The molecular weight excluding hydrogens is 458 g/mol. The number of likely N-dealkylation sites (tertiary alicyclic amines) is 1. The minimum atomic E-state index is -3.25. The van der Waals surface area contributed by atoms with Gasteiger partial charge in [-0.15, -0.1) is 0 Å². The maximum atomic E-state index is 12.3. The van der Waals surface area contributed by atoms with Crippen LogP contribution in [-0.2, 0) is 10.0 Å². The molecule has 1 aliphatic rings. The van der Waals surface area contributed by atoms with Crippen molar-refractivity contribution in [3.05, 3.63) is 95.6 Å². The highest BCUT2D eigenvalue weighted by Gasteiger charge is 2.36. The second-order valence-corrected chi connectivity index (χ2v) is 10.9. The third kappa shape index (κ3) is 5.76. The Labute approximate surface area is 208 Å².